The number of nitrogens with zero attached hydrogens (tertiary/aromatic N) is 1. The van der Waals surface area contributed by atoms with Gasteiger partial charge < -0.3 is 20.4 Å². The number of benzene rings is 1. The smallest absolute Gasteiger partial charge is 0.407 e. The van der Waals surface area contributed by atoms with Crippen molar-refractivity contribution in [3.8, 4) is 0 Å². The van der Waals surface area contributed by atoms with E-state index in [0.29, 0.717) is 24.5 Å². The van der Waals surface area contributed by atoms with Crippen LogP contribution in [0.15, 0.2) is 18.2 Å². The van der Waals surface area contributed by atoms with Crippen LogP contribution < -0.4 is 5.32 Å². The van der Waals surface area contributed by atoms with Crippen molar-refractivity contribution in [1.29, 1.82) is 0 Å². The minimum absolute atomic E-state index is 0.0481. The molecule has 0 aromatic heterocycles. The van der Waals surface area contributed by atoms with Crippen LogP contribution in [-0.4, -0.2) is 46.3 Å². The summed E-state index contributed by atoms with van der Waals surface area (Å²) in [7, 11) is 0. The third-order valence-corrected chi connectivity index (χ3v) is 4.04. The second-order valence-corrected chi connectivity index (χ2v) is 5.82. The number of hydrogen-bond donors (Lipinski definition) is 3. The van der Waals surface area contributed by atoms with Crippen molar-refractivity contribution in [3.05, 3.63) is 28.8 Å². The first-order valence-electron chi connectivity index (χ1n) is 7.20. The molecule has 1 aromatic carbocycles. The molecule has 1 saturated heterocycles. The standard InChI is InChI=1S/C15H19ClN2O4/c16-11-2-3-13(10(9-11)1-4-14(19)20)17-12-5-7-18(8-6-12)15(21)22/h2-3,9,12,17H,1,4-8H2,(H,19,20)(H,21,22). The first-order valence-corrected chi connectivity index (χ1v) is 7.58. The topological polar surface area (TPSA) is 89.9 Å². The van der Waals surface area contributed by atoms with Crippen molar-refractivity contribution in [2.24, 2.45) is 0 Å². The summed E-state index contributed by atoms with van der Waals surface area (Å²) in [6.07, 6.45) is 1.03. The molecule has 0 aliphatic carbocycles. The Morgan fingerprint density at radius 1 is 1.27 bits per heavy atom. The number of carboxylic acid groups (broad SMARTS) is 2. The van der Waals surface area contributed by atoms with Crippen molar-refractivity contribution in [2.75, 3.05) is 18.4 Å². The normalized spacial score (nSPS) is 15.6. The maximum atomic E-state index is 10.9. The van der Waals surface area contributed by atoms with E-state index in [0.717, 1.165) is 24.1 Å². The van der Waals surface area contributed by atoms with Gasteiger partial charge in [0.2, 0.25) is 0 Å². The molecule has 6 nitrogen and oxygen atoms in total. The third kappa shape index (κ3) is 4.53. The highest BCUT2D eigenvalue weighted by Crippen LogP contribution is 2.25. The summed E-state index contributed by atoms with van der Waals surface area (Å²) in [5.74, 6) is -0.847. The second kappa shape index (κ2) is 7.35. The van der Waals surface area contributed by atoms with Crippen LogP contribution >= 0.6 is 11.6 Å². The Bertz CT molecular complexity index is 556. The average molecular weight is 327 g/mol. The molecule has 1 heterocycles. The van der Waals surface area contributed by atoms with Crippen LogP contribution in [0.5, 0.6) is 0 Å². The minimum atomic E-state index is -0.882. The van der Waals surface area contributed by atoms with Crippen molar-refractivity contribution in [3.63, 3.8) is 0 Å². The largest absolute Gasteiger partial charge is 0.481 e. The number of amides is 1. The lowest BCUT2D eigenvalue weighted by Crippen LogP contribution is -2.41. The summed E-state index contributed by atoms with van der Waals surface area (Å²) in [6.45, 7) is 1.01. The van der Waals surface area contributed by atoms with Gasteiger partial charge in [-0.05, 0) is 43.0 Å². The van der Waals surface area contributed by atoms with Crippen molar-refractivity contribution in [1.82, 2.24) is 4.90 Å². The van der Waals surface area contributed by atoms with E-state index >= 15 is 0 Å². The zero-order valence-electron chi connectivity index (χ0n) is 12.1. The van der Waals surface area contributed by atoms with Crippen LogP contribution in [0.25, 0.3) is 0 Å². The Labute approximate surface area is 133 Å². The summed E-state index contributed by atoms with van der Waals surface area (Å²) in [5, 5.41) is 21.7. The molecule has 22 heavy (non-hydrogen) atoms. The van der Waals surface area contributed by atoms with Gasteiger partial charge in [-0.15, -0.1) is 0 Å². The van der Waals surface area contributed by atoms with Gasteiger partial charge in [0.15, 0.2) is 0 Å². The van der Waals surface area contributed by atoms with Crippen molar-refractivity contribution >= 4 is 29.4 Å². The summed E-state index contributed by atoms with van der Waals surface area (Å²) in [5.41, 5.74) is 1.75. The lowest BCUT2D eigenvalue weighted by Gasteiger charge is -2.31. The highest BCUT2D eigenvalue weighted by Gasteiger charge is 2.22. The zero-order chi connectivity index (χ0) is 16.1. The van der Waals surface area contributed by atoms with Crippen LogP contribution in [0.3, 0.4) is 0 Å². The molecule has 1 fully saturated rings. The molecule has 120 valence electrons. The molecule has 0 unspecified atom stereocenters. The number of rotatable bonds is 5. The van der Waals surface area contributed by atoms with Gasteiger partial charge in [0.1, 0.15) is 0 Å². The third-order valence-electron chi connectivity index (χ3n) is 3.80. The number of aryl methyl sites for hydroxylation is 1. The second-order valence-electron chi connectivity index (χ2n) is 5.38. The molecular weight excluding hydrogens is 308 g/mol. The van der Waals surface area contributed by atoms with Gasteiger partial charge in [-0.25, -0.2) is 4.79 Å². The van der Waals surface area contributed by atoms with Crippen molar-refractivity contribution < 1.29 is 19.8 Å². The Morgan fingerprint density at radius 2 is 1.95 bits per heavy atom. The predicted molar refractivity (Wildman–Crippen MR) is 83.7 cm³/mol. The maximum Gasteiger partial charge on any atom is 0.407 e. The van der Waals surface area contributed by atoms with E-state index in [9.17, 15) is 9.59 Å². The van der Waals surface area contributed by atoms with Gasteiger partial charge in [0.05, 0.1) is 0 Å². The molecule has 3 N–H and O–H groups in total. The summed E-state index contributed by atoms with van der Waals surface area (Å²) >= 11 is 5.98. The lowest BCUT2D eigenvalue weighted by molar-refractivity contribution is -0.136. The number of likely N-dealkylation sites (tertiary alicyclic amines) is 1. The number of carboxylic acids is 1. The average Bonchev–Trinajstić information content (AvgIpc) is 2.48. The fourth-order valence-electron chi connectivity index (χ4n) is 2.59. The van der Waals surface area contributed by atoms with Crippen LogP contribution in [0.4, 0.5) is 10.5 Å². The molecule has 0 bridgehead atoms. The van der Waals surface area contributed by atoms with E-state index in [1.54, 1.807) is 12.1 Å². The molecular formula is C15H19ClN2O4. The van der Waals surface area contributed by atoms with Crippen LogP contribution in [0.2, 0.25) is 5.02 Å². The van der Waals surface area contributed by atoms with Gasteiger partial charge >= 0.3 is 12.1 Å². The van der Waals surface area contributed by atoms with Crippen LogP contribution in [0.1, 0.15) is 24.8 Å². The Hall–Kier alpha value is -1.95. The summed E-state index contributed by atoms with van der Waals surface area (Å²) in [6, 6.07) is 5.57. The monoisotopic (exact) mass is 326 g/mol. The molecule has 2 rings (SSSR count). The van der Waals surface area contributed by atoms with E-state index in [1.165, 1.54) is 4.90 Å². The number of piperidine rings is 1. The van der Waals surface area contributed by atoms with Gasteiger partial charge in [-0.3, -0.25) is 4.79 Å². The number of aliphatic carboxylic acids is 1. The number of nitrogens with one attached hydrogen (secondary N) is 1. The van der Waals surface area contributed by atoms with Crippen LogP contribution in [0, 0.1) is 0 Å². The fraction of sp³-hybridized carbons (Fsp3) is 0.467. The SMILES string of the molecule is O=C(O)CCc1cc(Cl)ccc1NC1CCN(C(=O)O)CC1. The fourth-order valence-corrected chi connectivity index (χ4v) is 2.78. The maximum absolute atomic E-state index is 10.9. The Morgan fingerprint density at radius 3 is 2.55 bits per heavy atom. The molecule has 7 heteroatoms. The Kier molecular flexibility index (Phi) is 5.49. The molecule has 0 atom stereocenters. The molecule has 1 aromatic rings. The first kappa shape index (κ1) is 16.4. The molecule has 1 aliphatic heterocycles. The highest BCUT2D eigenvalue weighted by atomic mass is 35.5. The predicted octanol–water partition coefficient (Wildman–Crippen LogP) is 2.91. The Balaban J connectivity index is 2.00. The number of anilines is 1. The molecule has 0 radical (unpaired) electrons. The zero-order valence-corrected chi connectivity index (χ0v) is 12.8. The lowest BCUT2D eigenvalue weighted by atomic mass is 10.0. The minimum Gasteiger partial charge on any atom is -0.481 e. The molecule has 0 spiro atoms. The molecule has 0 saturated carbocycles. The van der Waals surface area contributed by atoms with Gasteiger partial charge in [-0.1, -0.05) is 11.6 Å². The van der Waals surface area contributed by atoms with E-state index in [2.05, 4.69) is 5.32 Å². The van der Waals surface area contributed by atoms with Crippen LogP contribution in [-0.2, 0) is 11.2 Å². The van der Waals surface area contributed by atoms with E-state index in [4.69, 9.17) is 21.8 Å². The highest BCUT2D eigenvalue weighted by molar-refractivity contribution is 6.30. The number of halogens is 1. The van der Waals surface area contributed by atoms with Gasteiger partial charge in [0, 0.05) is 36.3 Å². The van der Waals surface area contributed by atoms with Gasteiger partial charge in [0.25, 0.3) is 0 Å². The van der Waals surface area contributed by atoms with Gasteiger partial charge in [-0.2, -0.15) is 0 Å². The molecule has 1 aliphatic rings. The quantitative estimate of drug-likeness (QED) is 0.774. The van der Waals surface area contributed by atoms with E-state index < -0.39 is 12.1 Å². The van der Waals surface area contributed by atoms with E-state index in [-0.39, 0.29) is 12.5 Å². The molecule has 1 amide bonds. The number of carbonyl (C=O) groups is 2. The summed E-state index contributed by atoms with van der Waals surface area (Å²) < 4.78 is 0. The van der Waals surface area contributed by atoms with E-state index in [1.807, 2.05) is 6.07 Å². The van der Waals surface area contributed by atoms with Crippen molar-refractivity contribution in [2.45, 2.75) is 31.7 Å². The summed E-state index contributed by atoms with van der Waals surface area (Å²) in [4.78, 5) is 23.0. The first-order chi connectivity index (χ1) is 10.5. The number of hydrogen-bond acceptors (Lipinski definition) is 3.